The Morgan fingerprint density at radius 1 is 1.28 bits per heavy atom. The maximum absolute atomic E-state index is 13.2. The van der Waals surface area contributed by atoms with Gasteiger partial charge in [0.05, 0.1) is 22.4 Å². The molecule has 12 heteroatoms. The number of sulfonamides is 1. The minimum atomic E-state index is -3.78. The van der Waals surface area contributed by atoms with E-state index in [1.54, 1.807) is 6.07 Å². The fourth-order valence-corrected chi connectivity index (χ4v) is 6.44. The van der Waals surface area contributed by atoms with Crippen molar-refractivity contribution in [2.24, 2.45) is 5.92 Å². The molecule has 1 aliphatic rings. The van der Waals surface area contributed by atoms with E-state index in [0.717, 1.165) is 5.56 Å². The van der Waals surface area contributed by atoms with Crippen LogP contribution in [0.15, 0.2) is 58.6 Å². The zero-order valence-electron chi connectivity index (χ0n) is 19.8. The quantitative estimate of drug-likeness (QED) is 0.291. The van der Waals surface area contributed by atoms with Gasteiger partial charge >= 0.3 is 0 Å². The van der Waals surface area contributed by atoms with Crippen LogP contribution in [0.1, 0.15) is 19.8 Å². The number of halogens is 1. The molecule has 0 radical (unpaired) electrons. The molecule has 1 atom stereocenters. The number of aromatic nitrogens is 3. The molecule has 1 aromatic heterocycles. The summed E-state index contributed by atoms with van der Waals surface area (Å²) in [5.74, 6) is 1.16. The van der Waals surface area contributed by atoms with Crippen LogP contribution in [0, 0.1) is 5.92 Å². The first kappa shape index (κ1) is 26.5. The Bertz CT molecular complexity index is 1290. The zero-order chi connectivity index (χ0) is 25.5. The van der Waals surface area contributed by atoms with Crippen LogP contribution in [-0.4, -0.2) is 65.8 Å². The number of ether oxygens (including phenoxy) is 1. The van der Waals surface area contributed by atoms with Gasteiger partial charge in [-0.25, -0.2) is 13.4 Å². The van der Waals surface area contributed by atoms with Gasteiger partial charge < -0.3 is 10.1 Å². The Hall–Kier alpha value is -2.60. The van der Waals surface area contributed by atoms with Crippen molar-refractivity contribution in [1.29, 1.82) is 0 Å². The average Bonchev–Trinajstić information content (AvgIpc) is 3.37. The van der Waals surface area contributed by atoms with Crippen molar-refractivity contribution in [1.82, 2.24) is 24.8 Å². The van der Waals surface area contributed by atoms with Gasteiger partial charge in [0.25, 0.3) is 0 Å². The highest BCUT2D eigenvalue weighted by atomic mass is 35.5. The molecule has 4 rings (SSSR count). The molecule has 0 aliphatic carbocycles. The monoisotopic (exact) mass is 549 g/mol. The van der Waals surface area contributed by atoms with E-state index in [4.69, 9.17) is 16.3 Å². The van der Waals surface area contributed by atoms with Crippen molar-refractivity contribution >= 4 is 39.3 Å². The third-order valence-corrected chi connectivity index (χ3v) is 8.75. The second-order valence-corrected chi connectivity index (χ2v) is 11.6. The Kier molecular flexibility index (Phi) is 8.89. The van der Waals surface area contributed by atoms with E-state index < -0.39 is 15.9 Å². The van der Waals surface area contributed by atoms with Crippen LogP contribution in [0.4, 0.5) is 0 Å². The number of amides is 1. The van der Waals surface area contributed by atoms with Crippen molar-refractivity contribution in [3.05, 3.63) is 53.6 Å². The molecule has 1 aliphatic heterocycles. The molecule has 2 N–H and O–H groups in total. The number of H-pyrrole nitrogens is 1. The first-order chi connectivity index (χ1) is 17.4. The molecular formula is C24H28ClN5O4S2. The summed E-state index contributed by atoms with van der Waals surface area (Å²) >= 11 is 7.63. The molecular weight excluding hydrogens is 522 g/mol. The standard InChI is InChI=1S/C24H28ClN5O4S2/c1-2-34-21-11-10-19(15-20(21)25)36(32,33)30-13-6-9-18(16-30)23(31)26-12-14-35-24-27-22(28-29-24)17-7-4-3-5-8-17/h3-5,7-8,10-11,15,18H,2,6,9,12-14,16H2,1H3,(H,26,31)(H,27,28,29)/t18-/m1/s1. The Morgan fingerprint density at radius 3 is 2.83 bits per heavy atom. The number of carbonyl (C=O) groups excluding carboxylic acids is 1. The normalized spacial score (nSPS) is 16.6. The minimum Gasteiger partial charge on any atom is -0.492 e. The second kappa shape index (κ2) is 12.1. The third kappa shape index (κ3) is 6.39. The van der Waals surface area contributed by atoms with Crippen LogP contribution < -0.4 is 10.1 Å². The van der Waals surface area contributed by atoms with Crippen LogP contribution in [0.25, 0.3) is 11.4 Å². The number of hydrogen-bond acceptors (Lipinski definition) is 7. The van der Waals surface area contributed by atoms with E-state index in [0.29, 0.717) is 55.0 Å². The van der Waals surface area contributed by atoms with Crippen LogP contribution in [0.2, 0.25) is 5.02 Å². The lowest BCUT2D eigenvalue weighted by atomic mass is 9.99. The van der Waals surface area contributed by atoms with Gasteiger partial charge in [0.15, 0.2) is 5.82 Å². The van der Waals surface area contributed by atoms with Gasteiger partial charge in [0.2, 0.25) is 21.1 Å². The molecule has 2 aromatic carbocycles. The van der Waals surface area contributed by atoms with E-state index >= 15 is 0 Å². The fourth-order valence-electron chi connectivity index (χ4n) is 3.94. The van der Waals surface area contributed by atoms with Gasteiger partial charge in [-0.3, -0.25) is 9.89 Å². The van der Waals surface area contributed by atoms with E-state index in [1.807, 2.05) is 37.3 Å². The summed E-state index contributed by atoms with van der Waals surface area (Å²) < 4.78 is 33.1. The van der Waals surface area contributed by atoms with E-state index in [9.17, 15) is 13.2 Å². The van der Waals surface area contributed by atoms with Gasteiger partial charge in [-0.1, -0.05) is 53.7 Å². The fraction of sp³-hybridized carbons (Fsp3) is 0.375. The van der Waals surface area contributed by atoms with Crippen molar-refractivity contribution in [3.63, 3.8) is 0 Å². The largest absolute Gasteiger partial charge is 0.492 e. The van der Waals surface area contributed by atoms with Crippen molar-refractivity contribution in [3.8, 4) is 17.1 Å². The predicted octanol–water partition coefficient (Wildman–Crippen LogP) is 3.83. The minimum absolute atomic E-state index is 0.0924. The third-order valence-electron chi connectivity index (χ3n) is 5.74. The molecule has 1 saturated heterocycles. The summed E-state index contributed by atoms with van der Waals surface area (Å²) in [6.07, 6.45) is 1.24. The first-order valence-electron chi connectivity index (χ1n) is 11.7. The molecule has 0 unspecified atom stereocenters. The molecule has 1 amide bonds. The molecule has 9 nitrogen and oxygen atoms in total. The summed E-state index contributed by atoms with van der Waals surface area (Å²) in [7, 11) is -3.78. The summed E-state index contributed by atoms with van der Waals surface area (Å²) in [4.78, 5) is 17.3. The molecule has 0 saturated carbocycles. The van der Waals surface area contributed by atoms with E-state index in [2.05, 4.69) is 20.5 Å². The number of benzene rings is 2. The van der Waals surface area contributed by atoms with Gasteiger partial charge in [0, 0.05) is 31.0 Å². The van der Waals surface area contributed by atoms with Crippen LogP contribution in [0.5, 0.6) is 5.75 Å². The van der Waals surface area contributed by atoms with Gasteiger partial charge in [-0.2, -0.15) is 4.31 Å². The van der Waals surface area contributed by atoms with Gasteiger partial charge in [-0.05, 0) is 38.0 Å². The predicted molar refractivity (Wildman–Crippen MR) is 140 cm³/mol. The maximum Gasteiger partial charge on any atom is 0.243 e. The van der Waals surface area contributed by atoms with Crippen molar-refractivity contribution < 1.29 is 17.9 Å². The SMILES string of the molecule is CCOc1ccc(S(=O)(=O)N2CCC[C@@H](C(=O)NCCSc3n[nH]c(-c4ccccc4)n3)C2)cc1Cl. The summed E-state index contributed by atoms with van der Waals surface area (Å²) in [6, 6.07) is 14.2. The molecule has 1 fully saturated rings. The van der Waals surface area contributed by atoms with Crippen LogP contribution in [-0.2, 0) is 14.8 Å². The topological polar surface area (TPSA) is 117 Å². The Morgan fingerprint density at radius 2 is 2.08 bits per heavy atom. The summed E-state index contributed by atoms with van der Waals surface area (Å²) in [5.41, 5.74) is 0.953. The van der Waals surface area contributed by atoms with E-state index in [1.165, 1.54) is 28.2 Å². The maximum atomic E-state index is 13.2. The second-order valence-electron chi connectivity index (χ2n) is 8.20. The first-order valence-corrected chi connectivity index (χ1v) is 14.5. The number of carbonyl (C=O) groups is 1. The summed E-state index contributed by atoms with van der Waals surface area (Å²) in [6.45, 7) is 3.18. The smallest absolute Gasteiger partial charge is 0.243 e. The van der Waals surface area contributed by atoms with Crippen LogP contribution in [0.3, 0.4) is 0 Å². The Balaban J connectivity index is 1.28. The van der Waals surface area contributed by atoms with Crippen molar-refractivity contribution in [2.75, 3.05) is 32.0 Å². The van der Waals surface area contributed by atoms with Gasteiger partial charge in [0.1, 0.15) is 5.75 Å². The number of thioether (sulfide) groups is 1. The molecule has 2 heterocycles. The number of aromatic amines is 1. The number of piperidine rings is 1. The number of rotatable bonds is 10. The summed E-state index contributed by atoms with van der Waals surface area (Å²) in [5, 5.41) is 10.9. The number of nitrogens with one attached hydrogen (secondary N) is 2. The lowest BCUT2D eigenvalue weighted by Gasteiger charge is -2.31. The molecule has 0 bridgehead atoms. The average molecular weight is 550 g/mol. The molecule has 192 valence electrons. The number of nitrogens with zero attached hydrogens (tertiary/aromatic N) is 3. The van der Waals surface area contributed by atoms with Crippen LogP contribution >= 0.6 is 23.4 Å². The molecule has 3 aromatic rings. The number of hydrogen-bond donors (Lipinski definition) is 2. The van der Waals surface area contributed by atoms with E-state index in [-0.39, 0.29) is 22.4 Å². The lowest BCUT2D eigenvalue weighted by Crippen LogP contribution is -2.45. The molecule has 36 heavy (non-hydrogen) atoms. The molecule has 0 spiro atoms. The van der Waals surface area contributed by atoms with Crippen molar-refractivity contribution in [2.45, 2.75) is 29.8 Å². The highest BCUT2D eigenvalue weighted by molar-refractivity contribution is 7.99. The zero-order valence-corrected chi connectivity index (χ0v) is 22.2. The highest BCUT2D eigenvalue weighted by Gasteiger charge is 2.33. The Labute approximate surface area is 220 Å². The van der Waals surface area contributed by atoms with Gasteiger partial charge in [-0.15, -0.1) is 5.10 Å². The lowest BCUT2D eigenvalue weighted by molar-refractivity contribution is -0.125. The highest BCUT2D eigenvalue weighted by Crippen LogP contribution is 2.30.